The molecule has 0 spiro atoms. The average molecular weight is 407 g/mol. The van der Waals surface area contributed by atoms with Crippen molar-refractivity contribution < 1.29 is 9.59 Å². The SMILES string of the molecule is CSCC[C@](Cc1ccccc1)(NC(=O)CCN1CCCN(C)CC1)C(N)=O. The summed E-state index contributed by atoms with van der Waals surface area (Å²) >= 11 is 1.65. The van der Waals surface area contributed by atoms with Gasteiger partial charge in [-0.2, -0.15) is 11.8 Å². The van der Waals surface area contributed by atoms with Gasteiger partial charge in [0.25, 0.3) is 0 Å². The minimum atomic E-state index is -1.04. The first-order chi connectivity index (χ1) is 13.4. The molecule has 1 saturated heterocycles. The monoisotopic (exact) mass is 406 g/mol. The van der Waals surface area contributed by atoms with Crippen molar-refractivity contribution in [1.29, 1.82) is 0 Å². The summed E-state index contributed by atoms with van der Waals surface area (Å²) in [7, 11) is 2.13. The Morgan fingerprint density at radius 3 is 2.61 bits per heavy atom. The molecular weight excluding hydrogens is 372 g/mol. The highest BCUT2D eigenvalue weighted by molar-refractivity contribution is 7.98. The summed E-state index contributed by atoms with van der Waals surface area (Å²) in [5.41, 5.74) is 5.76. The lowest BCUT2D eigenvalue weighted by Gasteiger charge is -2.32. The van der Waals surface area contributed by atoms with Crippen LogP contribution in [0.25, 0.3) is 0 Å². The molecule has 156 valence electrons. The molecule has 1 atom stereocenters. The van der Waals surface area contributed by atoms with Gasteiger partial charge in [0.05, 0.1) is 0 Å². The van der Waals surface area contributed by atoms with Crippen LogP contribution >= 0.6 is 11.8 Å². The predicted octanol–water partition coefficient (Wildman–Crippen LogP) is 1.35. The van der Waals surface area contributed by atoms with Crippen LogP contribution < -0.4 is 11.1 Å². The fraction of sp³-hybridized carbons (Fsp3) is 0.619. The van der Waals surface area contributed by atoms with E-state index in [2.05, 4.69) is 22.2 Å². The first kappa shape index (κ1) is 22.7. The molecule has 2 amide bonds. The molecule has 1 aromatic carbocycles. The predicted molar refractivity (Wildman–Crippen MR) is 116 cm³/mol. The van der Waals surface area contributed by atoms with Gasteiger partial charge in [-0.25, -0.2) is 0 Å². The number of nitrogens with one attached hydrogen (secondary N) is 1. The summed E-state index contributed by atoms with van der Waals surface area (Å²) in [4.78, 5) is 29.8. The molecule has 0 radical (unpaired) electrons. The topological polar surface area (TPSA) is 78.7 Å². The lowest BCUT2D eigenvalue weighted by atomic mass is 9.87. The minimum absolute atomic E-state index is 0.103. The Hall–Kier alpha value is -1.57. The summed E-state index contributed by atoms with van der Waals surface area (Å²) in [5, 5.41) is 3.01. The molecule has 0 unspecified atom stereocenters. The molecule has 1 fully saturated rings. The first-order valence-corrected chi connectivity index (χ1v) is 11.4. The van der Waals surface area contributed by atoms with E-state index < -0.39 is 11.4 Å². The van der Waals surface area contributed by atoms with Crippen LogP contribution in [0.4, 0.5) is 0 Å². The molecule has 1 heterocycles. The summed E-state index contributed by atoms with van der Waals surface area (Å²) < 4.78 is 0. The van der Waals surface area contributed by atoms with Crippen molar-refractivity contribution in [3.63, 3.8) is 0 Å². The quantitative estimate of drug-likeness (QED) is 0.613. The van der Waals surface area contributed by atoms with E-state index in [1.165, 1.54) is 0 Å². The number of hydrogen-bond acceptors (Lipinski definition) is 5. The Balaban J connectivity index is 2.01. The molecular formula is C21H34N4O2S. The molecule has 1 aliphatic heterocycles. The van der Waals surface area contributed by atoms with Crippen molar-refractivity contribution in [2.75, 3.05) is 51.8 Å². The zero-order valence-corrected chi connectivity index (χ0v) is 18.0. The molecule has 0 bridgehead atoms. The second kappa shape index (κ2) is 11.4. The number of nitrogens with two attached hydrogens (primary N) is 1. The molecule has 1 aromatic rings. The maximum atomic E-state index is 12.7. The van der Waals surface area contributed by atoms with Crippen LogP contribution in [-0.2, 0) is 16.0 Å². The normalized spacial score (nSPS) is 18.2. The molecule has 3 N–H and O–H groups in total. The van der Waals surface area contributed by atoms with Gasteiger partial charge in [-0.15, -0.1) is 0 Å². The van der Waals surface area contributed by atoms with E-state index in [9.17, 15) is 9.59 Å². The van der Waals surface area contributed by atoms with Crippen LogP contribution in [0.5, 0.6) is 0 Å². The van der Waals surface area contributed by atoms with Gasteiger partial charge in [0.2, 0.25) is 11.8 Å². The van der Waals surface area contributed by atoms with E-state index >= 15 is 0 Å². The maximum absolute atomic E-state index is 12.7. The third-order valence-electron chi connectivity index (χ3n) is 5.40. The van der Waals surface area contributed by atoms with E-state index in [0.29, 0.717) is 25.8 Å². The molecule has 1 aliphatic rings. The van der Waals surface area contributed by atoms with Crippen molar-refractivity contribution in [1.82, 2.24) is 15.1 Å². The lowest BCUT2D eigenvalue weighted by Crippen LogP contribution is -2.59. The van der Waals surface area contributed by atoms with Crippen LogP contribution in [0.15, 0.2) is 30.3 Å². The highest BCUT2D eigenvalue weighted by Crippen LogP contribution is 2.20. The van der Waals surface area contributed by atoms with E-state index in [1.807, 2.05) is 36.6 Å². The van der Waals surface area contributed by atoms with Gasteiger partial charge in [-0.1, -0.05) is 30.3 Å². The molecule has 7 heteroatoms. The number of primary amides is 1. The number of carbonyl (C=O) groups excluding carboxylic acids is 2. The van der Waals surface area contributed by atoms with Crippen LogP contribution in [0.2, 0.25) is 0 Å². The molecule has 2 rings (SSSR count). The molecule has 6 nitrogen and oxygen atoms in total. The number of thioether (sulfide) groups is 1. The van der Waals surface area contributed by atoms with Crippen LogP contribution in [0, 0.1) is 0 Å². The average Bonchev–Trinajstić information content (AvgIpc) is 2.89. The summed E-state index contributed by atoms with van der Waals surface area (Å²) in [6.45, 7) is 4.81. The largest absolute Gasteiger partial charge is 0.368 e. The zero-order valence-electron chi connectivity index (χ0n) is 17.2. The van der Waals surface area contributed by atoms with Crippen LogP contribution in [-0.4, -0.2) is 78.9 Å². The Labute approximate surface area is 173 Å². The van der Waals surface area contributed by atoms with Gasteiger partial charge in [-0.05, 0) is 50.6 Å². The van der Waals surface area contributed by atoms with Gasteiger partial charge in [-0.3, -0.25) is 9.59 Å². The fourth-order valence-corrected chi connectivity index (χ4v) is 4.15. The Kier molecular flexibility index (Phi) is 9.28. The van der Waals surface area contributed by atoms with E-state index in [4.69, 9.17) is 5.73 Å². The second-order valence-corrected chi connectivity index (χ2v) is 8.63. The maximum Gasteiger partial charge on any atom is 0.243 e. The van der Waals surface area contributed by atoms with Crippen molar-refractivity contribution >= 4 is 23.6 Å². The number of nitrogens with zero attached hydrogens (tertiary/aromatic N) is 2. The Bertz CT molecular complexity index is 628. The van der Waals surface area contributed by atoms with E-state index in [1.54, 1.807) is 11.8 Å². The van der Waals surface area contributed by atoms with Crippen molar-refractivity contribution in [2.24, 2.45) is 5.73 Å². The molecule has 0 aliphatic carbocycles. The summed E-state index contributed by atoms with van der Waals surface area (Å²) in [5.74, 6) is 0.192. The zero-order chi connectivity index (χ0) is 20.4. The highest BCUT2D eigenvalue weighted by Gasteiger charge is 2.37. The Morgan fingerprint density at radius 1 is 1.18 bits per heavy atom. The van der Waals surface area contributed by atoms with E-state index in [0.717, 1.165) is 43.9 Å². The standard InChI is InChI=1S/C21H34N4O2S/c1-24-11-6-12-25(15-14-24)13-9-19(26)23-21(20(22)27,10-16-28-2)17-18-7-4-3-5-8-18/h3-5,7-8H,6,9-17H2,1-2H3,(H2,22,27)(H,23,26)/t21-/m1/s1. The van der Waals surface area contributed by atoms with Crippen LogP contribution in [0.3, 0.4) is 0 Å². The number of rotatable bonds is 10. The number of amides is 2. The lowest BCUT2D eigenvalue weighted by molar-refractivity contribution is -0.132. The first-order valence-electron chi connectivity index (χ1n) is 10.00. The number of benzene rings is 1. The molecule has 0 saturated carbocycles. The summed E-state index contributed by atoms with van der Waals surface area (Å²) in [6.07, 6.45) is 4.44. The Morgan fingerprint density at radius 2 is 1.93 bits per heavy atom. The smallest absolute Gasteiger partial charge is 0.243 e. The molecule has 28 heavy (non-hydrogen) atoms. The number of hydrogen-bond donors (Lipinski definition) is 2. The van der Waals surface area contributed by atoms with Crippen molar-refractivity contribution in [2.45, 2.75) is 31.2 Å². The van der Waals surface area contributed by atoms with E-state index in [-0.39, 0.29) is 5.91 Å². The highest BCUT2D eigenvalue weighted by atomic mass is 32.2. The van der Waals surface area contributed by atoms with Gasteiger partial charge in [0.1, 0.15) is 5.54 Å². The second-order valence-electron chi connectivity index (χ2n) is 7.65. The van der Waals surface area contributed by atoms with Gasteiger partial charge < -0.3 is 20.9 Å². The van der Waals surface area contributed by atoms with Gasteiger partial charge >= 0.3 is 0 Å². The minimum Gasteiger partial charge on any atom is -0.368 e. The van der Waals surface area contributed by atoms with Gasteiger partial charge in [0, 0.05) is 32.5 Å². The van der Waals surface area contributed by atoms with Crippen molar-refractivity contribution in [3.05, 3.63) is 35.9 Å². The van der Waals surface area contributed by atoms with Gasteiger partial charge in [0.15, 0.2) is 0 Å². The summed E-state index contributed by atoms with van der Waals surface area (Å²) in [6, 6.07) is 9.75. The third-order valence-corrected chi connectivity index (χ3v) is 6.01. The third kappa shape index (κ3) is 7.11. The number of carbonyl (C=O) groups is 2. The van der Waals surface area contributed by atoms with Crippen LogP contribution in [0.1, 0.15) is 24.8 Å². The fourth-order valence-electron chi connectivity index (χ4n) is 3.60. The van der Waals surface area contributed by atoms with Crippen molar-refractivity contribution in [3.8, 4) is 0 Å². The number of likely N-dealkylation sites (N-methyl/N-ethyl adjacent to an activating group) is 1. The molecule has 0 aromatic heterocycles.